The van der Waals surface area contributed by atoms with Crippen LogP contribution in [0.4, 0.5) is 5.69 Å². The van der Waals surface area contributed by atoms with Crippen LogP contribution in [0.2, 0.25) is 5.02 Å². The van der Waals surface area contributed by atoms with E-state index in [-0.39, 0.29) is 11.8 Å². The van der Waals surface area contributed by atoms with Gasteiger partial charge in [0.05, 0.1) is 0 Å². The second-order valence-electron chi connectivity index (χ2n) is 5.05. The first-order chi connectivity index (χ1) is 10.5. The van der Waals surface area contributed by atoms with Crippen LogP contribution in [-0.4, -0.2) is 23.8 Å². The molecule has 2 amide bonds. The van der Waals surface area contributed by atoms with Gasteiger partial charge < -0.3 is 10.2 Å². The molecule has 0 aromatic heterocycles. The minimum absolute atomic E-state index is 0.0793. The zero-order valence-electron chi connectivity index (χ0n) is 12.5. The maximum absolute atomic E-state index is 12.4. The summed E-state index contributed by atoms with van der Waals surface area (Å²) in [6.45, 7) is 1.95. The first kappa shape index (κ1) is 16.0. The summed E-state index contributed by atoms with van der Waals surface area (Å²) >= 11 is 5.85. The first-order valence-corrected chi connectivity index (χ1v) is 7.21. The molecule has 2 rings (SSSR count). The van der Waals surface area contributed by atoms with Crippen LogP contribution in [0.3, 0.4) is 0 Å². The highest BCUT2D eigenvalue weighted by Gasteiger charge is 2.12. The van der Waals surface area contributed by atoms with Gasteiger partial charge in [0.25, 0.3) is 5.91 Å². The van der Waals surface area contributed by atoms with Crippen molar-refractivity contribution in [3.63, 3.8) is 0 Å². The lowest BCUT2D eigenvalue weighted by molar-refractivity contribution is -0.114. The summed E-state index contributed by atoms with van der Waals surface area (Å²) in [5.74, 6) is -0.219. The Morgan fingerprint density at radius 2 is 1.64 bits per heavy atom. The van der Waals surface area contributed by atoms with Crippen molar-refractivity contribution in [1.29, 1.82) is 0 Å². The van der Waals surface area contributed by atoms with E-state index in [4.69, 9.17) is 11.6 Å². The van der Waals surface area contributed by atoms with E-state index in [1.54, 1.807) is 48.3 Å². The molecule has 0 aliphatic rings. The molecule has 0 heterocycles. The second-order valence-corrected chi connectivity index (χ2v) is 5.48. The summed E-state index contributed by atoms with van der Waals surface area (Å²) in [6.07, 6.45) is 0. The highest BCUT2D eigenvalue weighted by atomic mass is 35.5. The van der Waals surface area contributed by atoms with Crippen LogP contribution < -0.4 is 5.32 Å². The average Bonchev–Trinajstić information content (AvgIpc) is 2.49. The van der Waals surface area contributed by atoms with Crippen LogP contribution in [0.25, 0.3) is 0 Å². The summed E-state index contributed by atoms with van der Waals surface area (Å²) in [6, 6.07) is 14.2. The molecule has 114 valence electrons. The van der Waals surface area contributed by atoms with Crippen LogP contribution in [0.5, 0.6) is 0 Å². The van der Waals surface area contributed by atoms with Gasteiger partial charge in [0.1, 0.15) is 0 Å². The molecule has 22 heavy (non-hydrogen) atoms. The molecular weight excluding hydrogens is 300 g/mol. The van der Waals surface area contributed by atoms with Crippen molar-refractivity contribution in [2.24, 2.45) is 0 Å². The van der Waals surface area contributed by atoms with E-state index in [0.29, 0.717) is 22.8 Å². The Balaban J connectivity index is 2.03. The van der Waals surface area contributed by atoms with Gasteiger partial charge in [-0.05, 0) is 42.0 Å². The molecule has 0 radical (unpaired) electrons. The van der Waals surface area contributed by atoms with Gasteiger partial charge in [0.2, 0.25) is 5.91 Å². The van der Waals surface area contributed by atoms with Crippen LogP contribution in [-0.2, 0) is 11.3 Å². The topological polar surface area (TPSA) is 49.4 Å². The van der Waals surface area contributed by atoms with Gasteiger partial charge in [-0.3, -0.25) is 9.59 Å². The number of amides is 2. The van der Waals surface area contributed by atoms with Crippen molar-refractivity contribution in [1.82, 2.24) is 4.90 Å². The fourth-order valence-electron chi connectivity index (χ4n) is 2.06. The number of benzene rings is 2. The normalized spacial score (nSPS) is 10.1. The number of nitrogens with one attached hydrogen (secondary N) is 1. The smallest absolute Gasteiger partial charge is 0.253 e. The number of nitrogens with zero attached hydrogens (tertiary/aromatic N) is 1. The van der Waals surface area contributed by atoms with Crippen molar-refractivity contribution in [3.05, 3.63) is 64.7 Å². The monoisotopic (exact) mass is 316 g/mol. The predicted octanol–water partition coefficient (Wildman–Crippen LogP) is 3.57. The number of anilines is 1. The lowest BCUT2D eigenvalue weighted by atomic mass is 10.1. The minimum atomic E-state index is -0.140. The van der Waals surface area contributed by atoms with Gasteiger partial charge >= 0.3 is 0 Å². The van der Waals surface area contributed by atoms with Gasteiger partial charge in [-0.15, -0.1) is 0 Å². The van der Waals surface area contributed by atoms with E-state index in [2.05, 4.69) is 5.32 Å². The quantitative estimate of drug-likeness (QED) is 0.937. The molecule has 0 spiro atoms. The van der Waals surface area contributed by atoms with Crippen molar-refractivity contribution in [2.45, 2.75) is 13.5 Å². The molecule has 4 nitrogen and oxygen atoms in total. The number of carbonyl (C=O) groups is 2. The third-order valence-electron chi connectivity index (χ3n) is 3.13. The Morgan fingerprint density at radius 3 is 2.18 bits per heavy atom. The first-order valence-electron chi connectivity index (χ1n) is 6.83. The Labute approximate surface area is 134 Å². The number of rotatable bonds is 4. The van der Waals surface area contributed by atoms with E-state index in [0.717, 1.165) is 5.56 Å². The van der Waals surface area contributed by atoms with Gasteiger partial charge in [0, 0.05) is 36.8 Å². The summed E-state index contributed by atoms with van der Waals surface area (Å²) in [4.78, 5) is 25.0. The van der Waals surface area contributed by atoms with Crippen molar-refractivity contribution in [3.8, 4) is 0 Å². The van der Waals surface area contributed by atoms with Crippen LogP contribution >= 0.6 is 11.6 Å². The van der Waals surface area contributed by atoms with Crippen molar-refractivity contribution >= 4 is 29.1 Å². The van der Waals surface area contributed by atoms with Gasteiger partial charge in [-0.1, -0.05) is 23.7 Å². The van der Waals surface area contributed by atoms with E-state index < -0.39 is 0 Å². The van der Waals surface area contributed by atoms with Crippen molar-refractivity contribution in [2.75, 3.05) is 12.4 Å². The molecule has 0 saturated carbocycles. The molecule has 5 heteroatoms. The molecule has 0 bridgehead atoms. The fourth-order valence-corrected chi connectivity index (χ4v) is 2.18. The van der Waals surface area contributed by atoms with E-state index >= 15 is 0 Å². The third kappa shape index (κ3) is 4.33. The molecule has 0 fully saturated rings. The van der Waals surface area contributed by atoms with E-state index in [1.165, 1.54) is 6.92 Å². The van der Waals surface area contributed by atoms with Gasteiger partial charge in [-0.25, -0.2) is 0 Å². The maximum atomic E-state index is 12.4. The molecule has 0 aliphatic carbocycles. The summed E-state index contributed by atoms with van der Waals surface area (Å²) < 4.78 is 0. The Kier molecular flexibility index (Phi) is 5.17. The fraction of sp³-hybridized carbons (Fsp3) is 0.176. The Morgan fingerprint density at radius 1 is 1.05 bits per heavy atom. The molecular formula is C17H17ClN2O2. The predicted molar refractivity (Wildman–Crippen MR) is 88.0 cm³/mol. The average molecular weight is 317 g/mol. The highest BCUT2D eigenvalue weighted by Crippen LogP contribution is 2.14. The SMILES string of the molecule is CC(=O)Nc1ccc(C(=O)N(C)Cc2ccc(Cl)cc2)cc1. The zero-order chi connectivity index (χ0) is 16.1. The Hall–Kier alpha value is -2.33. The molecule has 2 aromatic carbocycles. The lowest BCUT2D eigenvalue weighted by Crippen LogP contribution is -2.26. The third-order valence-corrected chi connectivity index (χ3v) is 3.38. The van der Waals surface area contributed by atoms with E-state index in [1.807, 2.05) is 12.1 Å². The number of hydrogen-bond donors (Lipinski definition) is 1. The van der Waals surface area contributed by atoms with E-state index in [9.17, 15) is 9.59 Å². The second kappa shape index (κ2) is 7.09. The highest BCUT2D eigenvalue weighted by molar-refractivity contribution is 6.30. The summed E-state index contributed by atoms with van der Waals surface area (Å²) in [7, 11) is 1.75. The molecule has 1 N–H and O–H groups in total. The molecule has 2 aromatic rings. The maximum Gasteiger partial charge on any atom is 0.253 e. The van der Waals surface area contributed by atoms with Crippen LogP contribution in [0, 0.1) is 0 Å². The number of hydrogen-bond acceptors (Lipinski definition) is 2. The van der Waals surface area contributed by atoms with Gasteiger partial charge in [-0.2, -0.15) is 0 Å². The summed E-state index contributed by atoms with van der Waals surface area (Å²) in [5, 5.41) is 3.34. The molecule has 0 atom stereocenters. The number of carbonyl (C=O) groups excluding carboxylic acids is 2. The largest absolute Gasteiger partial charge is 0.337 e. The Bertz CT molecular complexity index is 666. The number of halogens is 1. The molecule has 0 aliphatic heterocycles. The lowest BCUT2D eigenvalue weighted by Gasteiger charge is -2.17. The standard InChI is InChI=1S/C17H17ClN2O2/c1-12(21)19-16-9-5-14(6-10-16)17(22)20(2)11-13-3-7-15(18)8-4-13/h3-10H,11H2,1-2H3,(H,19,21). The zero-order valence-corrected chi connectivity index (χ0v) is 13.2. The van der Waals surface area contributed by atoms with Crippen LogP contribution in [0.1, 0.15) is 22.8 Å². The van der Waals surface area contributed by atoms with Gasteiger partial charge in [0.15, 0.2) is 0 Å². The summed E-state index contributed by atoms with van der Waals surface area (Å²) in [5.41, 5.74) is 2.25. The molecule has 0 saturated heterocycles. The minimum Gasteiger partial charge on any atom is -0.337 e. The van der Waals surface area contributed by atoms with Crippen molar-refractivity contribution < 1.29 is 9.59 Å². The molecule has 0 unspecified atom stereocenters. The van der Waals surface area contributed by atoms with Crippen LogP contribution in [0.15, 0.2) is 48.5 Å².